The Labute approximate surface area is 129 Å². The van der Waals surface area contributed by atoms with E-state index < -0.39 is 0 Å². The summed E-state index contributed by atoms with van der Waals surface area (Å²) in [6, 6.07) is 10.1. The van der Waals surface area contributed by atoms with Gasteiger partial charge in [0.1, 0.15) is 17.2 Å². The predicted molar refractivity (Wildman–Crippen MR) is 87.2 cm³/mol. The van der Waals surface area contributed by atoms with Crippen LogP contribution in [0.15, 0.2) is 41.4 Å². The van der Waals surface area contributed by atoms with Crippen LogP contribution in [0.1, 0.15) is 31.9 Å². The number of phenols is 2. The average molecular weight is 304 g/mol. The van der Waals surface area contributed by atoms with Gasteiger partial charge in [-0.3, -0.25) is 4.99 Å². The van der Waals surface area contributed by atoms with Gasteiger partial charge in [0.05, 0.1) is 0 Å². The Kier molecular flexibility index (Phi) is 4.24. The van der Waals surface area contributed by atoms with Gasteiger partial charge in [-0.15, -0.1) is 0 Å². The normalized spacial score (nSPS) is 12.0. The molecule has 0 spiro atoms. The summed E-state index contributed by atoms with van der Waals surface area (Å²) >= 11 is 5.89. The fourth-order valence-corrected chi connectivity index (χ4v) is 2.04. The van der Waals surface area contributed by atoms with Gasteiger partial charge in [0.2, 0.25) is 0 Å². The molecule has 110 valence electrons. The van der Waals surface area contributed by atoms with Gasteiger partial charge in [-0.2, -0.15) is 0 Å². The second kappa shape index (κ2) is 5.78. The summed E-state index contributed by atoms with van der Waals surface area (Å²) in [6.07, 6.45) is 1.49. The highest BCUT2D eigenvalue weighted by molar-refractivity contribution is 6.30. The molecule has 0 bridgehead atoms. The average Bonchev–Trinajstić information content (AvgIpc) is 2.40. The first kappa shape index (κ1) is 15.4. The SMILES string of the molecule is CC(C)(C)c1ccc(O)c(/N=C/c2cc(Cl)ccc2O)c1. The zero-order chi connectivity index (χ0) is 15.6. The quantitative estimate of drug-likeness (QED) is 0.783. The van der Waals surface area contributed by atoms with E-state index in [1.807, 2.05) is 12.1 Å². The molecule has 3 nitrogen and oxygen atoms in total. The third kappa shape index (κ3) is 3.76. The lowest BCUT2D eigenvalue weighted by Crippen LogP contribution is -2.10. The van der Waals surface area contributed by atoms with Gasteiger partial charge in [0, 0.05) is 16.8 Å². The van der Waals surface area contributed by atoms with Gasteiger partial charge in [-0.05, 0) is 41.3 Å². The van der Waals surface area contributed by atoms with Crippen molar-refractivity contribution in [2.45, 2.75) is 26.2 Å². The highest BCUT2D eigenvalue weighted by Gasteiger charge is 2.15. The Morgan fingerprint density at radius 2 is 1.67 bits per heavy atom. The molecule has 0 aliphatic carbocycles. The van der Waals surface area contributed by atoms with Crippen LogP contribution in [0.5, 0.6) is 11.5 Å². The van der Waals surface area contributed by atoms with Gasteiger partial charge in [-0.1, -0.05) is 38.4 Å². The number of aromatic hydroxyl groups is 2. The Bertz CT molecular complexity index is 688. The molecule has 4 heteroatoms. The Morgan fingerprint density at radius 3 is 2.33 bits per heavy atom. The smallest absolute Gasteiger partial charge is 0.141 e. The standard InChI is InChI=1S/C17H18ClNO2/c1-17(2,3)12-4-6-16(21)14(9-12)19-10-11-8-13(18)5-7-15(11)20/h4-10,20-21H,1-3H3/b19-10+. The summed E-state index contributed by atoms with van der Waals surface area (Å²) in [5, 5.41) is 20.2. The molecule has 2 aromatic carbocycles. The topological polar surface area (TPSA) is 52.8 Å². The Hall–Kier alpha value is -2.00. The van der Waals surface area contributed by atoms with Crippen molar-refractivity contribution in [1.29, 1.82) is 0 Å². The predicted octanol–water partition coefficient (Wildman–Crippen LogP) is 4.80. The number of halogens is 1. The van der Waals surface area contributed by atoms with Crippen molar-refractivity contribution < 1.29 is 10.2 Å². The highest BCUT2D eigenvalue weighted by atomic mass is 35.5. The van der Waals surface area contributed by atoms with E-state index >= 15 is 0 Å². The number of hydrogen-bond donors (Lipinski definition) is 2. The minimum absolute atomic E-state index is 0.0316. The Morgan fingerprint density at radius 1 is 1.00 bits per heavy atom. The first-order chi connectivity index (χ1) is 9.77. The van der Waals surface area contributed by atoms with Crippen LogP contribution in [-0.4, -0.2) is 16.4 Å². The lowest BCUT2D eigenvalue weighted by atomic mass is 9.87. The maximum Gasteiger partial charge on any atom is 0.141 e. The summed E-state index contributed by atoms with van der Waals surface area (Å²) < 4.78 is 0. The number of hydrogen-bond acceptors (Lipinski definition) is 3. The van der Waals surface area contributed by atoms with Crippen molar-refractivity contribution in [3.63, 3.8) is 0 Å². The number of phenolic OH excluding ortho intramolecular Hbond substituents is 2. The van der Waals surface area contributed by atoms with Crippen molar-refractivity contribution in [3.05, 3.63) is 52.5 Å². The minimum Gasteiger partial charge on any atom is -0.507 e. The lowest BCUT2D eigenvalue weighted by molar-refractivity contribution is 0.473. The van der Waals surface area contributed by atoms with Crippen LogP contribution in [0.4, 0.5) is 5.69 Å². The lowest BCUT2D eigenvalue weighted by Gasteiger charge is -2.19. The fourth-order valence-electron chi connectivity index (χ4n) is 1.86. The van der Waals surface area contributed by atoms with Crippen molar-refractivity contribution in [3.8, 4) is 11.5 Å². The van der Waals surface area contributed by atoms with E-state index in [0.29, 0.717) is 16.3 Å². The maximum atomic E-state index is 9.90. The van der Waals surface area contributed by atoms with Crippen molar-refractivity contribution >= 4 is 23.5 Å². The maximum absolute atomic E-state index is 9.90. The molecular formula is C17H18ClNO2. The molecule has 0 saturated heterocycles. The molecule has 0 saturated carbocycles. The first-order valence-corrected chi connectivity index (χ1v) is 7.01. The van der Waals surface area contributed by atoms with E-state index in [2.05, 4.69) is 25.8 Å². The molecular weight excluding hydrogens is 286 g/mol. The summed E-state index contributed by atoms with van der Waals surface area (Å²) in [5.41, 5.74) is 2.00. The zero-order valence-electron chi connectivity index (χ0n) is 12.3. The van der Waals surface area contributed by atoms with Crippen LogP contribution in [0, 0.1) is 0 Å². The monoisotopic (exact) mass is 303 g/mol. The molecule has 2 rings (SSSR count). The molecule has 0 aliphatic rings. The van der Waals surface area contributed by atoms with Crippen molar-refractivity contribution in [2.24, 2.45) is 4.99 Å². The fraction of sp³-hybridized carbons (Fsp3) is 0.235. The Balaban J connectivity index is 2.39. The molecule has 21 heavy (non-hydrogen) atoms. The highest BCUT2D eigenvalue weighted by Crippen LogP contribution is 2.32. The van der Waals surface area contributed by atoms with Crippen LogP contribution < -0.4 is 0 Å². The van der Waals surface area contributed by atoms with Gasteiger partial charge in [0.25, 0.3) is 0 Å². The largest absolute Gasteiger partial charge is 0.507 e. The van der Waals surface area contributed by atoms with Crippen LogP contribution in [0.3, 0.4) is 0 Å². The second-order valence-corrected chi connectivity index (χ2v) is 6.35. The van der Waals surface area contributed by atoms with Crippen LogP contribution >= 0.6 is 11.6 Å². The summed E-state index contributed by atoms with van der Waals surface area (Å²) in [4.78, 5) is 4.26. The van der Waals surface area contributed by atoms with Gasteiger partial charge in [-0.25, -0.2) is 0 Å². The minimum atomic E-state index is -0.0316. The summed E-state index contributed by atoms with van der Waals surface area (Å²) in [5.74, 6) is 0.190. The van der Waals surface area contributed by atoms with E-state index in [9.17, 15) is 10.2 Å². The number of aliphatic imine (C=N–C) groups is 1. The third-order valence-corrected chi connectivity index (χ3v) is 3.41. The second-order valence-electron chi connectivity index (χ2n) is 5.91. The third-order valence-electron chi connectivity index (χ3n) is 3.17. The van der Waals surface area contributed by atoms with Crippen LogP contribution in [-0.2, 0) is 5.41 Å². The summed E-state index contributed by atoms with van der Waals surface area (Å²) in [6.45, 7) is 6.28. The van der Waals surface area contributed by atoms with E-state index in [1.54, 1.807) is 18.2 Å². The molecule has 0 heterocycles. The van der Waals surface area contributed by atoms with Crippen LogP contribution in [0.2, 0.25) is 5.02 Å². The van der Waals surface area contributed by atoms with Crippen LogP contribution in [0.25, 0.3) is 0 Å². The molecule has 0 atom stereocenters. The number of rotatable bonds is 2. The molecule has 0 fully saturated rings. The summed E-state index contributed by atoms with van der Waals surface area (Å²) in [7, 11) is 0. The number of benzene rings is 2. The molecule has 0 amide bonds. The van der Waals surface area contributed by atoms with E-state index in [1.165, 1.54) is 12.3 Å². The van der Waals surface area contributed by atoms with Crippen molar-refractivity contribution in [1.82, 2.24) is 0 Å². The molecule has 2 N–H and O–H groups in total. The van der Waals surface area contributed by atoms with Crippen molar-refractivity contribution in [2.75, 3.05) is 0 Å². The van der Waals surface area contributed by atoms with Gasteiger partial charge < -0.3 is 10.2 Å². The molecule has 0 aromatic heterocycles. The molecule has 0 unspecified atom stereocenters. The number of nitrogens with zero attached hydrogens (tertiary/aromatic N) is 1. The van der Waals surface area contributed by atoms with Gasteiger partial charge >= 0.3 is 0 Å². The van der Waals surface area contributed by atoms with Gasteiger partial charge in [0.15, 0.2) is 0 Å². The first-order valence-electron chi connectivity index (χ1n) is 6.63. The molecule has 0 radical (unpaired) electrons. The molecule has 2 aromatic rings. The zero-order valence-corrected chi connectivity index (χ0v) is 13.0. The molecule has 0 aliphatic heterocycles. The van der Waals surface area contributed by atoms with E-state index in [4.69, 9.17) is 11.6 Å². The van der Waals surface area contributed by atoms with E-state index in [-0.39, 0.29) is 16.9 Å². The van der Waals surface area contributed by atoms with E-state index in [0.717, 1.165) is 5.56 Å².